The highest BCUT2D eigenvalue weighted by atomic mass is 16.5. The Hall–Kier alpha value is -2.22. The van der Waals surface area contributed by atoms with Gasteiger partial charge in [-0.15, -0.1) is 0 Å². The molecule has 22 heavy (non-hydrogen) atoms. The van der Waals surface area contributed by atoms with E-state index in [1.54, 1.807) is 0 Å². The quantitative estimate of drug-likeness (QED) is 0.522. The van der Waals surface area contributed by atoms with Crippen LogP contribution in [0.15, 0.2) is 48.5 Å². The second kappa shape index (κ2) is 5.88. The Morgan fingerprint density at radius 1 is 0.545 bits per heavy atom. The average molecular weight is 292 g/mol. The molecule has 3 aromatic rings. The summed E-state index contributed by atoms with van der Waals surface area (Å²) in [7, 11) is 0. The summed E-state index contributed by atoms with van der Waals surface area (Å²) in [5, 5.41) is 4.77. The lowest BCUT2D eigenvalue weighted by Gasteiger charge is -2.16. The van der Waals surface area contributed by atoms with Crippen LogP contribution in [-0.4, -0.2) is 13.2 Å². The van der Waals surface area contributed by atoms with E-state index >= 15 is 0 Å². The predicted molar refractivity (Wildman–Crippen MR) is 90.9 cm³/mol. The molecule has 0 fully saturated rings. The van der Waals surface area contributed by atoms with Crippen molar-refractivity contribution in [1.82, 2.24) is 0 Å². The molecular formula is C20H20O2. The minimum absolute atomic E-state index is 0.790. The van der Waals surface area contributed by atoms with E-state index in [0.29, 0.717) is 0 Å². The molecule has 0 aliphatic carbocycles. The number of rotatable bonds is 0. The van der Waals surface area contributed by atoms with Gasteiger partial charge in [0.15, 0.2) is 0 Å². The van der Waals surface area contributed by atoms with Gasteiger partial charge in [0, 0.05) is 10.8 Å². The first-order chi connectivity index (χ1) is 10.9. The fourth-order valence-corrected chi connectivity index (χ4v) is 3.25. The van der Waals surface area contributed by atoms with E-state index in [4.69, 9.17) is 9.47 Å². The minimum Gasteiger partial charge on any atom is -0.493 e. The number of ether oxygens (including phenoxy) is 2. The summed E-state index contributed by atoms with van der Waals surface area (Å²) >= 11 is 0. The molecule has 1 aliphatic rings. The van der Waals surface area contributed by atoms with Crippen molar-refractivity contribution >= 4 is 21.5 Å². The Bertz CT molecular complexity index is 739. The Labute approximate surface area is 130 Å². The van der Waals surface area contributed by atoms with E-state index in [9.17, 15) is 0 Å². The highest BCUT2D eigenvalue weighted by Crippen LogP contribution is 2.38. The minimum atomic E-state index is 0.790. The molecule has 0 amide bonds. The van der Waals surface area contributed by atoms with Crippen LogP contribution in [0.25, 0.3) is 21.5 Å². The molecule has 0 radical (unpaired) electrons. The van der Waals surface area contributed by atoms with Gasteiger partial charge in [0.25, 0.3) is 0 Å². The maximum atomic E-state index is 6.10. The van der Waals surface area contributed by atoms with Crippen molar-refractivity contribution in [2.45, 2.75) is 25.7 Å². The van der Waals surface area contributed by atoms with Gasteiger partial charge in [-0.1, -0.05) is 36.4 Å². The monoisotopic (exact) mass is 292 g/mol. The second-order valence-electron chi connectivity index (χ2n) is 5.89. The maximum Gasteiger partial charge on any atom is 0.127 e. The molecule has 1 aliphatic heterocycles. The van der Waals surface area contributed by atoms with Gasteiger partial charge in [-0.05, 0) is 48.6 Å². The fourth-order valence-electron chi connectivity index (χ4n) is 3.25. The van der Waals surface area contributed by atoms with Crippen LogP contribution >= 0.6 is 0 Å². The lowest BCUT2D eigenvalue weighted by atomic mass is 10.0. The van der Waals surface area contributed by atoms with Crippen molar-refractivity contribution in [2.75, 3.05) is 13.2 Å². The molecule has 0 N–H and O–H groups in total. The van der Waals surface area contributed by atoms with Gasteiger partial charge in [0.1, 0.15) is 11.5 Å². The van der Waals surface area contributed by atoms with Gasteiger partial charge in [0.05, 0.1) is 13.2 Å². The van der Waals surface area contributed by atoms with E-state index in [0.717, 1.165) is 37.6 Å². The molecule has 0 saturated heterocycles. The highest BCUT2D eigenvalue weighted by Gasteiger charge is 2.12. The molecule has 112 valence electrons. The Morgan fingerprint density at radius 2 is 1.05 bits per heavy atom. The lowest BCUT2D eigenvalue weighted by Crippen LogP contribution is -2.02. The predicted octanol–water partition coefficient (Wildman–Crippen LogP) is 5.32. The maximum absolute atomic E-state index is 6.10. The van der Waals surface area contributed by atoms with Gasteiger partial charge in [-0.3, -0.25) is 0 Å². The molecule has 2 heteroatoms. The SMILES string of the molecule is c1cc2c3c(c1)ccc1cccc(c13)OCCCCCCO2. The molecule has 2 nitrogen and oxygen atoms in total. The molecule has 0 aromatic heterocycles. The highest BCUT2D eigenvalue weighted by molar-refractivity contribution is 6.13. The summed E-state index contributed by atoms with van der Waals surface area (Å²) < 4.78 is 12.2. The first kappa shape index (κ1) is 13.4. The zero-order chi connectivity index (χ0) is 14.8. The van der Waals surface area contributed by atoms with E-state index in [2.05, 4.69) is 48.5 Å². The normalized spacial score (nSPS) is 15.8. The summed E-state index contributed by atoms with van der Waals surface area (Å²) in [4.78, 5) is 0. The summed E-state index contributed by atoms with van der Waals surface area (Å²) in [6.07, 6.45) is 4.61. The van der Waals surface area contributed by atoms with Crippen LogP contribution in [0, 0.1) is 0 Å². The fraction of sp³-hybridized carbons (Fsp3) is 0.300. The van der Waals surface area contributed by atoms with Gasteiger partial charge < -0.3 is 9.47 Å². The number of hydrogen-bond acceptors (Lipinski definition) is 2. The molecule has 1 heterocycles. The molecule has 0 spiro atoms. The number of benzene rings is 3. The second-order valence-corrected chi connectivity index (χ2v) is 5.89. The van der Waals surface area contributed by atoms with Crippen LogP contribution < -0.4 is 9.47 Å². The Kier molecular flexibility index (Phi) is 3.59. The Balaban J connectivity index is 2.01. The lowest BCUT2D eigenvalue weighted by molar-refractivity contribution is 0.288. The van der Waals surface area contributed by atoms with Gasteiger partial charge in [-0.2, -0.15) is 0 Å². The third-order valence-corrected chi connectivity index (χ3v) is 4.36. The van der Waals surface area contributed by atoms with Gasteiger partial charge in [0.2, 0.25) is 0 Å². The first-order valence-corrected chi connectivity index (χ1v) is 8.13. The van der Waals surface area contributed by atoms with Crippen molar-refractivity contribution in [3.63, 3.8) is 0 Å². The Morgan fingerprint density at radius 3 is 1.55 bits per heavy atom. The van der Waals surface area contributed by atoms with Crippen LogP contribution in [-0.2, 0) is 0 Å². The van der Waals surface area contributed by atoms with Crippen LogP contribution in [0.1, 0.15) is 25.7 Å². The third kappa shape index (κ3) is 2.39. The number of hydrogen-bond donors (Lipinski definition) is 0. The zero-order valence-electron chi connectivity index (χ0n) is 12.7. The molecule has 3 aromatic carbocycles. The van der Waals surface area contributed by atoms with Crippen molar-refractivity contribution in [2.24, 2.45) is 0 Å². The van der Waals surface area contributed by atoms with Crippen molar-refractivity contribution in [3.8, 4) is 11.5 Å². The summed E-state index contributed by atoms with van der Waals surface area (Å²) in [5.74, 6) is 1.94. The van der Waals surface area contributed by atoms with E-state index in [-0.39, 0.29) is 0 Å². The van der Waals surface area contributed by atoms with Crippen LogP contribution in [0.4, 0.5) is 0 Å². The topological polar surface area (TPSA) is 18.5 Å². The smallest absolute Gasteiger partial charge is 0.127 e. The summed E-state index contributed by atoms with van der Waals surface area (Å²) in [6, 6.07) is 16.9. The third-order valence-electron chi connectivity index (χ3n) is 4.36. The van der Waals surface area contributed by atoms with E-state index in [1.165, 1.54) is 34.4 Å². The summed E-state index contributed by atoms with van der Waals surface area (Å²) in [6.45, 7) is 1.58. The summed E-state index contributed by atoms with van der Waals surface area (Å²) in [5.41, 5.74) is 0. The van der Waals surface area contributed by atoms with Crippen LogP contribution in [0.3, 0.4) is 0 Å². The van der Waals surface area contributed by atoms with Gasteiger partial charge >= 0.3 is 0 Å². The van der Waals surface area contributed by atoms with E-state index in [1.807, 2.05) is 0 Å². The molecule has 0 unspecified atom stereocenters. The zero-order valence-corrected chi connectivity index (χ0v) is 12.7. The largest absolute Gasteiger partial charge is 0.493 e. The molecule has 0 bridgehead atoms. The molecule has 0 atom stereocenters. The van der Waals surface area contributed by atoms with Crippen molar-refractivity contribution in [3.05, 3.63) is 48.5 Å². The van der Waals surface area contributed by atoms with Gasteiger partial charge in [-0.25, -0.2) is 0 Å². The van der Waals surface area contributed by atoms with E-state index < -0.39 is 0 Å². The molecule has 0 saturated carbocycles. The van der Waals surface area contributed by atoms with Crippen LogP contribution in [0.5, 0.6) is 11.5 Å². The average Bonchev–Trinajstić information content (AvgIpc) is 2.55. The molecule has 4 rings (SSSR count). The standard InChI is InChI=1S/C20H20O2/c1-2-4-14-22-18-10-6-8-16-12-11-15-7-5-9-17(21-13-3-1)19(15)20(16)18/h5-12H,1-4,13-14H2. The first-order valence-electron chi connectivity index (χ1n) is 8.13. The van der Waals surface area contributed by atoms with Crippen molar-refractivity contribution in [1.29, 1.82) is 0 Å². The molecular weight excluding hydrogens is 272 g/mol. The van der Waals surface area contributed by atoms with Crippen molar-refractivity contribution < 1.29 is 9.47 Å². The van der Waals surface area contributed by atoms with Crippen LogP contribution in [0.2, 0.25) is 0 Å².